The summed E-state index contributed by atoms with van der Waals surface area (Å²) in [5.41, 5.74) is 6.61. The van der Waals surface area contributed by atoms with Crippen LogP contribution in [-0.4, -0.2) is 29.9 Å². The number of halogens is 2. The Bertz CT molecular complexity index is 471. The first-order valence-electron chi connectivity index (χ1n) is 6.47. The van der Waals surface area contributed by atoms with Gasteiger partial charge in [0.15, 0.2) is 0 Å². The number of nitrogens with zero attached hydrogens (tertiary/aromatic N) is 1. The van der Waals surface area contributed by atoms with E-state index in [0.717, 1.165) is 34.6 Å². The van der Waals surface area contributed by atoms with Crippen molar-refractivity contribution in [3.05, 3.63) is 32.7 Å². The molecule has 2 rings (SSSR count). The van der Waals surface area contributed by atoms with Gasteiger partial charge in [-0.1, -0.05) is 15.9 Å². The highest BCUT2D eigenvalue weighted by atomic mass is 79.9. The molecule has 0 bridgehead atoms. The summed E-state index contributed by atoms with van der Waals surface area (Å²) >= 11 is 6.85. The smallest absolute Gasteiger partial charge is 0.255 e. The van der Waals surface area contributed by atoms with Crippen LogP contribution in [0.3, 0.4) is 0 Å². The second-order valence-corrected chi connectivity index (χ2v) is 6.88. The molecule has 1 saturated carbocycles. The number of carbonyl (C=O) groups excluding carboxylic acids is 1. The number of amides is 1. The summed E-state index contributed by atoms with van der Waals surface area (Å²) in [5.74, 6) is 0.0636. The van der Waals surface area contributed by atoms with Gasteiger partial charge in [-0.25, -0.2) is 0 Å². The minimum atomic E-state index is 0.0636. The molecule has 19 heavy (non-hydrogen) atoms. The summed E-state index contributed by atoms with van der Waals surface area (Å²) in [6.45, 7) is 0. The molecular weight excluding hydrogens is 372 g/mol. The molecule has 1 aromatic rings. The van der Waals surface area contributed by atoms with Gasteiger partial charge in [-0.05, 0) is 59.8 Å². The van der Waals surface area contributed by atoms with Crippen LogP contribution in [0.5, 0.6) is 0 Å². The second-order valence-electron chi connectivity index (χ2n) is 5.11. The Balaban J connectivity index is 2.12. The van der Waals surface area contributed by atoms with Gasteiger partial charge in [0.25, 0.3) is 5.91 Å². The topological polar surface area (TPSA) is 46.3 Å². The number of carbonyl (C=O) groups is 1. The first kappa shape index (κ1) is 15.0. The number of nitrogens with two attached hydrogens (primary N) is 1. The van der Waals surface area contributed by atoms with Gasteiger partial charge >= 0.3 is 0 Å². The summed E-state index contributed by atoms with van der Waals surface area (Å²) in [4.78, 5) is 14.4. The fourth-order valence-electron chi connectivity index (χ4n) is 2.51. The summed E-state index contributed by atoms with van der Waals surface area (Å²) in [7, 11) is 1.89. The minimum absolute atomic E-state index is 0.0636. The molecule has 5 heteroatoms. The van der Waals surface area contributed by atoms with Crippen molar-refractivity contribution in [1.29, 1.82) is 0 Å². The average molecular weight is 390 g/mol. The van der Waals surface area contributed by atoms with Gasteiger partial charge in [-0.15, -0.1) is 0 Å². The van der Waals surface area contributed by atoms with E-state index in [1.54, 1.807) is 0 Å². The van der Waals surface area contributed by atoms with Gasteiger partial charge in [-0.3, -0.25) is 4.79 Å². The summed E-state index contributed by atoms with van der Waals surface area (Å²) in [6.07, 6.45) is 3.99. The zero-order valence-electron chi connectivity index (χ0n) is 10.9. The quantitative estimate of drug-likeness (QED) is 0.840. The van der Waals surface area contributed by atoms with Crippen molar-refractivity contribution in [1.82, 2.24) is 4.90 Å². The summed E-state index contributed by atoms with van der Waals surface area (Å²) < 4.78 is 1.75. The van der Waals surface area contributed by atoms with Gasteiger partial charge in [0.2, 0.25) is 0 Å². The predicted molar refractivity (Wildman–Crippen MR) is 84.2 cm³/mol. The summed E-state index contributed by atoms with van der Waals surface area (Å²) in [6, 6.07) is 6.27. The van der Waals surface area contributed by atoms with Crippen molar-refractivity contribution in [2.24, 2.45) is 5.73 Å². The lowest BCUT2D eigenvalue weighted by Crippen LogP contribution is -2.41. The van der Waals surface area contributed by atoms with E-state index in [4.69, 9.17) is 5.73 Å². The molecular formula is C14H18Br2N2O. The lowest BCUT2D eigenvalue weighted by molar-refractivity contribution is 0.0689. The molecule has 1 aliphatic carbocycles. The van der Waals surface area contributed by atoms with Crippen LogP contribution in [0, 0.1) is 0 Å². The van der Waals surface area contributed by atoms with Crippen LogP contribution in [-0.2, 0) is 0 Å². The molecule has 0 aromatic heterocycles. The molecule has 0 radical (unpaired) electrons. The maximum atomic E-state index is 12.5. The summed E-state index contributed by atoms with van der Waals surface area (Å²) in [5, 5.41) is 0. The van der Waals surface area contributed by atoms with Crippen molar-refractivity contribution in [3.63, 3.8) is 0 Å². The first-order chi connectivity index (χ1) is 8.99. The first-order valence-corrected chi connectivity index (χ1v) is 8.05. The van der Waals surface area contributed by atoms with Gasteiger partial charge in [-0.2, -0.15) is 0 Å². The normalized spacial score (nSPS) is 23.2. The Labute approximate surface area is 130 Å². The molecule has 2 N–H and O–H groups in total. The Hall–Kier alpha value is -0.390. The van der Waals surface area contributed by atoms with Crippen molar-refractivity contribution < 1.29 is 4.79 Å². The van der Waals surface area contributed by atoms with Gasteiger partial charge < -0.3 is 10.6 Å². The SMILES string of the molecule is CN(C(=O)c1cc(Br)ccc1Br)C1CCC(N)CC1. The predicted octanol–water partition coefficient (Wildman–Crippen LogP) is 3.55. The monoisotopic (exact) mass is 388 g/mol. The van der Waals surface area contributed by atoms with E-state index in [1.165, 1.54) is 0 Å². The van der Waals surface area contributed by atoms with Gasteiger partial charge in [0.1, 0.15) is 0 Å². The van der Waals surface area contributed by atoms with E-state index in [2.05, 4.69) is 31.9 Å². The molecule has 0 heterocycles. The third-order valence-electron chi connectivity index (χ3n) is 3.77. The van der Waals surface area contributed by atoms with Crippen LogP contribution in [0.25, 0.3) is 0 Å². The van der Waals surface area contributed by atoms with E-state index in [-0.39, 0.29) is 5.91 Å². The van der Waals surface area contributed by atoms with Crippen molar-refractivity contribution >= 4 is 37.8 Å². The Morgan fingerprint density at radius 3 is 2.53 bits per heavy atom. The van der Waals surface area contributed by atoms with Gasteiger partial charge in [0, 0.05) is 28.1 Å². The van der Waals surface area contributed by atoms with Crippen LogP contribution in [0.4, 0.5) is 0 Å². The molecule has 0 saturated heterocycles. The maximum Gasteiger partial charge on any atom is 0.255 e. The zero-order valence-corrected chi connectivity index (χ0v) is 14.1. The van der Waals surface area contributed by atoms with Crippen molar-refractivity contribution in [2.45, 2.75) is 37.8 Å². The molecule has 0 unspecified atom stereocenters. The lowest BCUT2D eigenvalue weighted by atomic mass is 9.90. The van der Waals surface area contributed by atoms with E-state index in [9.17, 15) is 4.79 Å². The Kier molecular flexibility index (Phi) is 5.03. The average Bonchev–Trinajstić information content (AvgIpc) is 2.41. The maximum absolute atomic E-state index is 12.5. The minimum Gasteiger partial charge on any atom is -0.339 e. The molecule has 104 valence electrons. The lowest BCUT2D eigenvalue weighted by Gasteiger charge is -2.33. The highest BCUT2D eigenvalue weighted by Crippen LogP contribution is 2.26. The number of benzene rings is 1. The standard InChI is InChI=1S/C14H18Br2N2O/c1-18(11-5-3-10(17)4-6-11)14(19)12-8-9(15)2-7-13(12)16/h2,7-8,10-11H,3-6,17H2,1H3. The van der Waals surface area contributed by atoms with Crippen LogP contribution >= 0.6 is 31.9 Å². The van der Waals surface area contributed by atoms with Crippen LogP contribution in [0.15, 0.2) is 27.1 Å². The molecule has 1 aromatic carbocycles. The molecule has 0 spiro atoms. The van der Waals surface area contributed by atoms with E-state index in [0.29, 0.717) is 17.6 Å². The Morgan fingerprint density at radius 2 is 1.89 bits per heavy atom. The molecule has 0 atom stereocenters. The van der Waals surface area contributed by atoms with Crippen LogP contribution in [0.1, 0.15) is 36.0 Å². The molecule has 1 aliphatic rings. The van der Waals surface area contributed by atoms with Crippen LogP contribution < -0.4 is 5.73 Å². The van der Waals surface area contributed by atoms with E-state index < -0.39 is 0 Å². The zero-order chi connectivity index (χ0) is 14.0. The highest BCUT2D eigenvalue weighted by Gasteiger charge is 2.26. The van der Waals surface area contributed by atoms with Gasteiger partial charge in [0.05, 0.1) is 5.56 Å². The number of hydrogen-bond acceptors (Lipinski definition) is 2. The largest absolute Gasteiger partial charge is 0.339 e. The highest BCUT2D eigenvalue weighted by molar-refractivity contribution is 9.11. The molecule has 1 amide bonds. The number of rotatable bonds is 2. The fourth-order valence-corrected chi connectivity index (χ4v) is 3.28. The second kappa shape index (κ2) is 6.37. The van der Waals surface area contributed by atoms with Crippen LogP contribution in [0.2, 0.25) is 0 Å². The van der Waals surface area contributed by atoms with E-state index >= 15 is 0 Å². The fraction of sp³-hybridized carbons (Fsp3) is 0.500. The third kappa shape index (κ3) is 3.58. The number of hydrogen-bond donors (Lipinski definition) is 1. The molecule has 3 nitrogen and oxygen atoms in total. The molecule has 0 aliphatic heterocycles. The Morgan fingerprint density at radius 1 is 1.26 bits per heavy atom. The van der Waals surface area contributed by atoms with Crippen molar-refractivity contribution in [2.75, 3.05) is 7.05 Å². The third-order valence-corrected chi connectivity index (χ3v) is 4.95. The molecule has 1 fully saturated rings. The van der Waals surface area contributed by atoms with Crippen molar-refractivity contribution in [3.8, 4) is 0 Å². The van der Waals surface area contributed by atoms with E-state index in [1.807, 2.05) is 30.1 Å².